The number of rotatable bonds is 4. The zero-order valence-electron chi connectivity index (χ0n) is 8.72. The first-order valence-corrected chi connectivity index (χ1v) is 4.89. The van der Waals surface area contributed by atoms with Crippen LogP contribution in [0.5, 0.6) is 0 Å². The lowest BCUT2D eigenvalue weighted by Gasteiger charge is -2.08. The Morgan fingerprint density at radius 2 is 1.57 bits per heavy atom. The van der Waals surface area contributed by atoms with Crippen molar-refractivity contribution in [2.45, 2.75) is 13.8 Å². The van der Waals surface area contributed by atoms with Crippen molar-refractivity contribution in [2.24, 2.45) is 0 Å². The molecule has 0 amide bonds. The first-order chi connectivity index (χ1) is 6.80. The van der Waals surface area contributed by atoms with Crippen LogP contribution in [0.4, 0.5) is 11.4 Å². The molecular weight excluding hydrogens is 172 g/mol. The summed E-state index contributed by atoms with van der Waals surface area (Å²) in [6.07, 6.45) is 5.37. The van der Waals surface area contributed by atoms with Gasteiger partial charge in [0.2, 0.25) is 0 Å². The predicted octanol–water partition coefficient (Wildman–Crippen LogP) is 2.53. The lowest BCUT2D eigenvalue weighted by atomic mass is 10.2. The minimum atomic E-state index is 0.902. The summed E-state index contributed by atoms with van der Waals surface area (Å²) in [5.41, 5.74) is 3.04. The fourth-order valence-corrected chi connectivity index (χ4v) is 1.32. The van der Waals surface area contributed by atoms with E-state index in [9.17, 15) is 0 Å². The van der Waals surface area contributed by atoms with E-state index in [1.54, 1.807) is 0 Å². The number of benzene rings is 1. The molecule has 0 bridgehead atoms. The van der Waals surface area contributed by atoms with Crippen LogP contribution in [0, 0.1) is 12.3 Å². The van der Waals surface area contributed by atoms with E-state index in [2.05, 4.69) is 36.5 Å². The summed E-state index contributed by atoms with van der Waals surface area (Å²) in [6, 6.07) is 6.02. The topological polar surface area (TPSA) is 24.1 Å². The Balaban J connectivity index is 2.95. The lowest BCUT2D eigenvalue weighted by Crippen LogP contribution is -2.01. The summed E-state index contributed by atoms with van der Waals surface area (Å²) >= 11 is 0. The highest BCUT2D eigenvalue weighted by Crippen LogP contribution is 2.18. The molecule has 0 spiro atoms. The molecule has 0 radical (unpaired) electrons. The number of hydrogen-bond acceptors (Lipinski definition) is 2. The fraction of sp³-hybridized carbons (Fsp3) is 0.333. The van der Waals surface area contributed by atoms with Crippen molar-refractivity contribution < 1.29 is 0 Å². The molecule has 0 unspecified atom stereocenters. The van der Waals surface area contributed by atoms with E-state index >= 15 is 0 Å². The van der Waals surface area contributed by atoms with Crippen LogP contribution >= 0.6 is 0 Å². The molecule has 0 saturated carbocycles. The van der Waals surface area contributed by atoms with Gasteiger partial charge in [-0.25, -0.2) is 0 Å². The molecule has 1 aromatic carbocycles. The molecule has 1 aromatic rings. The minimum absolute atomic E-state index is 0.902. The fourth-order valence-electron chi connectivity index (χ4n) is 1.32. The van der Waals surface area contributed by atoms with Crippen LogP contribution in [-0.4, -0.2) is 13.1 Å². The van der Waals surface area contributed by atoms with Gasteiger partial charge in [0.05, 0.1) is 0 Å². The molecule has 2 N–H and O–H groups in total. The molecule has 0 aliphatic rings. The molecule has 74 valence electrons. The number of nitrogens with one attached hydrogen (secondary N) is 2. The maximum Gasteiger partial charge on any atom is 0.0373 e. The third-order valence-electron chi connectivity index (χ3n) is 1.86. The Morgan fingerprint density at radius 1 is 1.07 bits per heavy atom. The van der Waals surface area contributed by atoms with Crippen molar-refractivity contribution in [3.05, 3.63) is 23.8 Å². The normalized spacial score (nSPS) is 9.21. The second-order valence-corrected chi connectivity index (χ2v) is 3.00. The van der Waals surface area contributed by atoms with Gasteiger partial charge in [-0.05, 0) is 32.0 Å². The van der Waals surface area contributed by atoms with Crippen LogP contribution < -0.4 is 10.6 Å². The van der Waals surface area contributed by atoms with Crippen LogP contribution in [-0.2, 0) is 0 Å². The highest BCUT2D eigenvalue weighted by molar-refractivity contribution is 5.62. The molecule has 2 nitrogen and oxygen atoms in total. The van der Waals surface area contributed by atoms with Crippen LogP contribution in [0.15, 0.2) is 18.2 Å². The summed E-state index contributed by atoms with van der Waals surface area (Å²) in [6.45, 7) is 5.93. The second-order valence-electron chi connectivity index (χ2n) is 3.00. The molecule has 0 aliphatic heterocycles. The molecule has 0 fully saturated rings. The summed E-state index contributed by atoms with van der Waals surface area (Å²) in [4.78, 5) is 0. The van der Waals surface area contributed by atoms with E-state index in [0.29, 0.717) is 0 Å². The van der Waals surface area contributed by atoms with Gasteiger partial charge in [-0.2, -0.15) is 0 Å². The SMILES string of the molecule is C#Cc1cc(NCC)cc(NCC)c1. The highest BCUT2D eigenvalue weighted by Gasteiger charge is 1.97. The quantitative estimate of drug-likeness (QED) is 0.709. The van der Waals surface area contributed by atoms with Gasteiger partial charge < -0.3 is 10.6 Å². The van der Waals surface area contributed by atoms with Crippen molar-refractivity contribution >= 4 is 11.4 Å². The molecule has 0 aliphatic carbocycles. The summed E-state index contributed by atoms with van der Waals surface area (Å²) in [5, 5.41) is 6.49. The van der Waals surface area contributed by atoms with Crippen LogP contribution in [0.1, 0.15) is 19.4 Å². The third kappa shape index (κ3) is 2.70. The lowest BCUT2D eigenvalue weighted by molar-refractivity contribution is 1.19. The van der Waals surface area contributed by atoms with Gasteiger partial charge in [-0.1, -0.05) is 5.92 Å². The van der Waals surface area contributed by atoms with Gasteiger partial charge in [-0.3, -0.25) is 0 Å². The molecule has 0 aromatic heterocycles. The summed E-state index contributed by atoms with van der Waals surface area (Å²) in [5.74, 6) is 2.64. The molecule has 0 atom stereocenters. The van der Waals surface area contributed by atoms with E-state index < -0.39 is 0 Å². The van der Waals surface area contributed by atoms with Crippen molar-refractivity contribution in [1.29, 1.82) is 0 Å². The van der Waals surface area contributed by atoms with Gasteiger partial charge in [0.25, 0.3) is 0 Å². The van der Waals surface area contributed by atoms with Gasteiger partial charge in [0.1, 0.15) is 0 Å². The van der Waals surface area contributed by atoms with Gasteiger partial charge in [0.15, 0.2) is 0 Å². The monoisotopic (exact) mass is 188 g/mol. The van der Waals surface area contributed by atoms with E-state index in [1.807, 2.05) is 12.1 Å². The van der Waals surface area contributed by atoms with Crippen molar-refractivity contribution in [3.63, 3.8) is 0 Å². The second kappa shape index (κ2) is 5.18. The zero-order chi connectivity index (χ0) is 10.4. The van der Waals surface area contributed by atoms with E-state index in [-0.39, 0.29) is 0 Å². The van der Waals surface area contributed by atoms with Crippen LogP contribution in [0.25, 0.3) is 0 Å². The Hall–Kier alpha value is -1.62. The molecular formula is C12H16N2. The third-order valence-corrected chi connectivity index (χ3v) is 1.86. The number of anilines is 2. The van der Waals surface area contributed by atoms with Gasteiger partial charge in [0, 0.05) is 30.0 Å². The first-order valence-electron chi connectivity index (χ1n) is 4.89. The Morgan fingerprint density at radius 3 is 1.93 bits per heavy atom. The Labute approximate surface area is 85.7 Å². The average molecular weight is 188 g/mol. The molecule has 2 heteroatoms. The minimum Gasteiger partial charge on any atom is -0.385 e. The molecule has 0 saturated heterocycles. The van der Waals surface area contributed by atoms with Gasteiger partial charge >= 0.3 is 0 Å². The maximum absolute atomic E-state index is 5.37. The zero-order valence-corrected chi connectivity index (χ0v) is 8.72. The molecule has 1 rings (SSSR count). The average Bonchev–Trinajstić information content (AvgIpc) is 2.18. The number of hydrogen-bond donors (Lipinski definition) is 2. The number of terminal acetylenes is 1. The van der Waals surface area contributed by atoms with Crippen molar-refractivity contribution in [1.82, 2.24) is 0 Å². The van der Waals surface area contributed by atoms with Crippen LogP contribution in [0.2, 0.25) is 0 Å². The molecule has 14 heavy (non-hydrogen) atoms. The largest absolute Gasteiger partial charge is 0.385 e. The highest BCUT2D eigenvalue weighted by atomic mass is 14.9. The Bertz CT molecular complexity index is 312. The summed E-state index contributed by atoms with van der Waals surface area (Å²) in [7, 11) is 0. The van der Waals surface area contributed by atoms with E-state index in [4.69, 9.17) is 6.42 Å². The standard InChI is InChI=1S/C12H16N2/c1-4-10-7-11(13-5-2)9-12(8-10)14-6-3/h1,7-9,13-14H,5-6H2,2-3H3. The molecule has 0 heterocycles. The Kier molecular flexibility index (Phi) is 3.87. The van der Waals surface area contributed by atoms with Crippen molar-refractivity contribution in [3.8, 4) is 12.3 Å². The van der Waals surface area contributed by atoms with E-state index in [0.717, 1.165) is 30.0 Å². The predicted molar refractivity (Wildman–Crippen MR) is 62.7 cm³/mol. The van der Waals surface area contributed by atoms with Gasteiger partial charge in [-0.15, -0.1) is 6.42 Å². The van der Waals surface area contributed by atoms with Crippen LogP contribution in [0.3, 0.4) is 0 Å². The van der Waals surface area contributed by atoms with Crippen molar-refractivity contribution in [2.75, 3.05) is 23.7 Å². The summed E-state index contributed by atoms with van der Waals surface area (Å²) < 4.78 is 0. The smallest absolute Gasteiger partial charge is 0.0373 e. The maximum atomic E-state index is 5.37. The van der Waals surface area contributed by atoms with E-state index in [1.165, 1.54) is 0 Å². The first kappa shape index (κ1) is 10.5.